The topological polar surface area (TPSA) is 29.9 Å². The van der Waals surface area contributed by atoms with E-state index in [0.29, 0.717) is 6.54 Å². The van der Waals surface area contributed by atoms with Crippen LogP contribution < -0.4 is 5.32 Å². The van der Waals surface area contributed by atoms with Crippen molar-refractivity contribution in [1.29, 1.82) is 0 Å². The smallest absolute Gasteiger partial charge is 0.149 e. The number of halogens is 2. The highest BCUT2D eigenvalue weighted by Crippen LogP contribution is 2.18. The highest BCUT2D eigenvalue weighted by atomic mass is 19.1. The standard InChI is InChI=1S/C12H13F2N3/c1-2-17-8-9(7-16-17)6-15-12-10(13)4-3-5-11(12)14/h3-5,7-8,15H,2,6H2,1H3. The Labute approximate surface area is 98.1 Å². The van der Waals surface area contributed by atoms with Crippen LogP contribution in [0.25, 0.3) is 0 Å². The van der Waals surface area contributed by atoms with Gasteiger partial charge in [0.25, 0.3) is 0 Å². The lowest BCUT2D eigenvalue weighted by Gasteiger charge is -2.06. The summed E-state index contributed by atoms with van der Waals surface area (Å²) in [5.74, 6) is -1.18. The normalized spacial score (nSPS) is 10.5. The van der Waals surface area contributed by atoms with Gasteiger partial charge in [0.2, 0.25) is 0 Å². The van der Waals surface area contributed by atoms with Gasteiger partial charge in [-0.1, -0.05) is 6.07 Å². The third-order valence-corrected chi connectivity index (χ3v) is 2.44. The number of para-hydroxylation sites is 1. The number of hydrogen-bond acceptors (Lipinski definition) is 2. The van der Waals surface area contributed by atoms with Gasteiger partial charge in [-0.3, -0.25) is 4.68 Å². The van der Waals surface area contributed by atoms with Gasteiger partial charge in [-0.15, -0.1) is 0 Å². The number of aromatic nitrogens is 2. The van der Waals surface area contributed by atoms with Gasteiger partial charge in [0.05, 0.1) is 6.20 Å². The fourth-order valence-electron chi connectivity index (χ4n) is 1.53. The summed E-state index contributed by atoms with van der Waals surface area (Å²) in [6.07, 6.45) is 3.51. The van der Waals surface area contributed by atoms with Crippen LogP contribution in [0.15, 0.2) is 30.6 Å². The predicted molar refractivity (Wildman–Crippen MR) is 61.6 cm³/mol. The molecule has 1 N–H and O–H groups in total. The summed E-state index contributed by atoms with van der Waals surface area (Å²) >= 11 is 0. The van der Waals surface area contributed by atoms with E-state index in [-0.39, 0.29) is 5.69 Å². The lowest BCUT2D eigenvalue weighted by molar-refractivity contribution is 0.588. The van der Waals surface area contributed by atoms with Crippen LogP contribution in [0.3, 0.4) is 0 Å². The molecule has 17 heavy (non-hydrogen) atoms. The van der Waals surface area contributed by atoms with Gasteiger partial charge in [0, 0.05) is 24.8 Å². The lowest BCUT2D eigenvalue weighted by atomic mass is 10.2. The van der Waals surface area contributed by atoms with Gasteiger partial charge in [-0.25, -0.2) is 8.78 Å². The van der Waals surface area contributed by atoms with E-state index in [1.54, 1.807) is 10.9 Å². The van der Waals surface area contributed by atoms with Crippen LogP contribution in [0.5, 0.6) is 0 Å². The number of nitrogens with zero attached hydrogens (tertiary/aromatic N) is 2. The zero-order valence-corrected chi connectivity index (χ0v) is 9.45. The minimum absolute atomic E-state index is 0.100. The second kappa shape index (κ2) is 4.95. The van der Waals surface area contributed by atoms with E-state index in [2.05, 4.69) is 10.4 Å². The monoisotopic (exact) mass is 237 g/mol. The minimum atomic E-state index is -0.590. The summed E-state index contributed by atoms with van der Waals surface area (Å²) in [4.78, 5) is 0. The molecule has 0 atom stereocenters. The van der Waals surface area contributed by atoms with E-state index < -0.39 is 11.6 Å². The second-order valence-electron chi connectivity index (χ2n) is 3.65. The molecule has 0 aliphatic heterocycles. The molecular weight excluding hydrogens is 224 g/mol. The first-order chi connectivity index (χ1) is 8.20. The molecule has 0 amide bonds. The molecule has 0 aliphatic carbocycles. The summed E-state index contributed by atoms with van der Waals surface area (Å²) in [5, 5.41) is 6.81. The molecule has 90 valence electrons. The highest BCUT2D eigenvalue weighted by molar-refractivity contribution is 5.46. The van der Waals surface area contributed by atoms with E-state index in [1.165, 1.54) is 18.2 Å². The van der Waals surface area contributed by atoms with Gasteiger partial charge in [0.15, 0.2) is 0 Å². The molecule has 0 saturated heterocycles. The van der Waals surface area contributed by atoms with Crippen molar-refractivity contribution in [2.24, 2.45) is 0 Å². The molecule has 0 fully saturated rings. The van der Waals surface area contributed by atoms with Crippen LogP contribution in [-0.2, 0) is 13.1 Å². The second-order valence-corrected chi connectivity index (χ2v) is 3.65. The average molecular weight is 237 g/mol. The Bertz CT molecular complexity index is 488. The molecule has 0 bridgehead atoms. The Morgan fingerprint density at radius 3 is 2.59 bits per heavy atom. The molecule has 2 aromatic rings. The van der Waals surface area contributed by atoms with Crippen LogP contribution in [0.4, 0.5) is 14.5 Å². The van der Waals surface area contributed by atoms with Crippen molar-refractivity contribution in [3.8, 4) is 0 Å². The van der Waals surface area contributed by atoms with E-state index in [1.807, 2.05) is 13.1 Å². The molecule has 2 rings (SSSR count). The van der Waals surface area contributed by atoms with Crippen molar-refractivity contribution in [1.82, 2.24) is 9.78 Å². The van der Waals surface area contributed by atoms with Crippen LogP contribution >= 0.6 is 0 Å². The van der Waals surface area contributed by atoms with Crippen molar-refractivity contribution in [3.63, 3.8) is 0 Å². The maximum atomic E-state index is 13.3. The molecule has 1 aromatic carbocycles. The number of aryl methyl sites for hydroxylation is 1. The molecule has 1 heterocycles. The Morgan fingerprint density at radius 2 is 2.00 bits per heavy atom. The van der Waals surface area contributed by atoms with E-state index in [9.17, 15) is 8.78 Å². The van der Waals surface area contributed by atoms with Crippen LogP contribution in [0, 0.1) is 11.6 Å². The maximum Gasteiger partial charge on any atom is 0.149 e. The number of benzene rings is 1. The Morgan fingerprint density at radius 1 is 1.29 bits per heavy atom. The molecular formula is C12H13F2N3. The first-order valence-electron chi connectivity index (χ1n) is 5.40. The predicted octanol–water partition coefficient (Wildman–Crippen LogP) is 2.79. The van der Waals surface area contributed by atoms with E-state index in [0.717, 1.165) is 12.1 Å². The summed E-state index contributed by atoms with van der Waals surface area (Å²) in [6, 6.07) is 3.78. The van der Waals surface area contributed by atoms with Crippen molar-refractivity contribution in [3.05, 3.63) is 47.8 Å². The fraction of sp³-hybridized carbons (Fsp3) is 0.250. The molecule has 0 aliphatic rings. The number of rotatable bonds is 4. The van der Waals surface area contributed by atoms with Gasteiger partial charge in [0.1, 0.15) is 17.3 Å². The van der Waals surface area contributed by atoms with Gasteiger partial charge < -0.3 is 5.32 Å². The molecule has 0 saturated carbocycles. The quantitative estimate of drug-likeness (QED) is 0.886. The van der Waals surface area contributed by atoms with Crippen molar-refractivity contribution < 1.29 is 8.78 Å². The molecule has 3 nitrogen and oxygen atoms in total. The molecule has 5 heteroatoms. The van der Waals surface area contributed by atoms with Crippen molar-refractivity contribution >= 4 is 5.69 Å². The van der Waals surface area contributed by atoms with Gasteiger partial charge in [-0.05, 0) is 19.1 Å². The van der Waals surface area contributed by atoms with Crippen LogP contribution in [0.2, 0.25) is 0 Å². The number of nitrogens with one attached hydrogen (secondary N) is 1. The third-order valence-electron chi connectivity index (χ3n) is 2.44. The molecule has 1 aromatic heterocycles. The maximum absolute atomic E-state index is 13.3. The van der Waals surface area contributed by atoms with Crippen LogP contribution in [0.1, 0.15) is 12.5 Å². The SMILES string of the molecule is CCn1cc(CNc2c(F)cccc2F)cn1. The molecule has 0 spiro atoms. The summed E-state index contributed by atoms with van der Waals surface area (Å²) in [7, 11) is 0. The van der Waals surface area contributed by atoms with E-state index >= 15 is 0 Å². The highest BCUT2D eigenvalue weighted by Gasteiger charge is 2.07. The summed E-state index contributed by atoms with van der Waals surface area (Å²) in [6.45, 7) is 3.09. The molecule has 0 radical (unpaired) electrons. The Kier molecular flexibility index (Phi) is 3.37. The van der Waals surface area contributed by atoms with Gasteiger partial charge >= 0.3 is 0 Å². The minimum Gasteiger partial charge on any atom is -0.376 e. The third kappa shape index (κ3) is 2.61. The van der Waals surface area contributed by atoms with Crippen molar-refractivity contribution in [2.45, 2.75) is 20.0 Å². The Balaban J connectivity index is 2.07. The molecule has 0 unspecified atom stereocenters. The number of anilines is 1. The fourth-order valence-corrected chi connectivity index (χ4v) is 1.53. The van der Waals surface area contributed by atoms with Crippen LogP contribution in [-0.4, -0.2) is 9.78 Å². The zero-order valence-electron chi connectivity index (χ0n) is 9.45. The summed E-state index contributed by atoms with van der Waals surface area (Å²) in [5.41, 5.74) is 0.784. The zero-order chi connectivity index (χ0) is 12.3. The summed E-state index contributed by atoms with van der Waals surface area (Å²) < 4.78 is 28.4. The number of hydrogen-bond donors (Lipinski definition) is 1. The average Bonchev–Trinajstić information content (AvgIpc) is 2.76. The first kappa shape index (κ1) is 11.6. The largest absolute Gasteiger partial charge is 0.376 e. The first-order valence-corrected chi connectivity index (χ1v) is 5.40. The van der Waals surface area contributed by atoms with E-state index in [4.69, 9.17) is 0 Å². The Hall–Kier alpha value is -1.91. The van der Waals surface area contributed by atoms with Gasteiger partial charge in [-0.2, -0.15) is 5.10 Å². The van der Waals surface area contributed by atoms with Crippen molar-refractivity contribution in [2.75, 3.05) is 5.32 Å². The lowest BCUT2D eigenvalue weighted by Crippen LogP contribution is -2.03.